The van der Waals surface area contributed by atoms with Crippen LogP contribution in [0, 0.1) is 0 Å². The summed E-state index contributed by atoms with van der Waals surface area (Å²) in [6.07, 6.45) is 0.284. The molecule has 0 rings (SSSR count). The molecule has 0 aliphatic carbocycles. The summed E-state index contributed by atoms with van der Waals surface area (Å²) in [4.78, 5) is 19.5. The van der Waals surface area contributed by atoms with Gasteiger partial charge in [0.2, 0.25) is 0 Å². The Balaban J connectivity index is -0.000000231. The van der Waals surface area contributed by atoms with Crippen LogP contribution >= 0.6 is 37.0 Å². The summed E-state index contributed by atoms with van der Waals surface area (Å²) in [5.74, 6) is -0.105. The summed E-state index contributed by atoms with van der Waals surface area (Å²) >= 11 is 9.27. The van der Waals surface area contributed by atoms with Crippen LogP contribution < -0.4 is 0 Å². The molecule has 128 valence electrons. The van der Waals surface area contributed by atoms with E-state index < -0.39 is 11.9 Å². The number of aliphatic hydroxyl groups excluding tert-OH is 2. The summed E-state index contributed by atoms with van der Waals surface area (Å²) in [7, 11) is 0. The number of carboxylic acid groups (broad SMARTS) is 2. The van der Waals surface area contributed by atoms with E-state index in [1.54, 1.807) is 25.6 Å². The molecule has 0 bridgehead atoms. The van der Waals surface area contributed by atoms with Gasteiger partial charge in [-0.05, 0) is 0 Å². The fraction of sp³-hybridized carbons (Fsp3) is 0.833. The van der Waals surface area contributed by atoms with E-state index in [1.807, 2.05) is 0 Å². The van der Waals surface area contributed by atoms with Gasteiger partial charge in [0.05, 0.1) is 26.1 Å². The molecule has 6 nitrogen and oxygen atoms in total. The Morgan fingerprint density at radius 1 is 0.905 bits per heavy atom. The molecule has 0 saturated heterocycles. The van der Waals surface area contributed by atoms with Crippen LogP contribution in [-0.4, -0.2) is 67.6 Å². The first kappa shape index (κ1) is 25.8. The molecule has 0 saturated carbocycles. The average Bonchev–Trinajstić information content (AvgIpc) is 2.27. The normalized spacial score (nSPS) is 12.1. The third-order valence-corrected chi connectivity index (χ3v) is 2.72. The maximum atomic E-state index is 9.76. The molecule has 0 spiro atoms. The second-order valence-corrected chi connectivity index (χ2v) is 6.94. The number of aliphatic hydroxyl groups is 2. The zero-order chi connectivity index (χ0) is 17.3. The third-order valence-electron chi connectivity index (χ3n) is 1.41. The molecule has 9 heteroatoms. The van der Waals surface area contributed by atoms with E-state index >= 15 is 0 Å². The number of thioether (sulfide) groups is 1. The Hall–Kier alpha value is -0.0900. The summed E-state index contributed by atoms with van der Waals surface area (Å²) in [5, 5.41) is 32.4. The predicted molar refractivity (Wildman–Crippen MR) is 92.9 cm³/mol. The van der Waals surface area contributed by atoms with Gasteiger partial charge in [-0.25, -0.2) is 0 Å². The van der Waals surface area contributed by atoms with Gasteiger partial charge in [0.25, 0.3) is 0 Å². The van der Waals surface area contributed by atoms with Gasteiger partial charge in [-0.3, -0.25) is 9.59 Å². The van der Waals surface area contributed by atoms with Crippen molar-refractivity contribution in [3.63, 3.8) is 0 Å². The van der Waals surface area contributed by atoms with E-state index in [0.29, 0.717) is 0 Å². The average molecular weight is 363 g/mol. The maximum Gasteiger partial charge on any atom is 0.304 e. The van der Waals surface area contributed by atoms with Crippen LogP contribution in [0.3, 0.4) is 0 Å². The number of carbonyl (C=O) groups is 2. The molecule has 2 unspecified atom stereocenters. The first-order valence-electron chi connectivity index (χ1n) is 6.26. The monoisotopic (exact) mass is 362 g/mol. The van der Waals surface area contributed by atoms with Crippen LogP contribution in [0.15, 0.2) is 0 Å². The van der Waals surface area contributed by atoms with Crippen LogP contribution in [0.25, 0.3) is 0 Å². The van der Waals surface area contributed by atoms with Gasteiger partial charge in [-0.1, -0.05) is 13.8 Å². The van der Waals surface area contributed by atoms with Gasteiger partial charge in [0, 0.05) is 22.0 Å². The fourth-order valence-electron chi connectivity index (χ4n) is 0.737. The largest absolute Gasteiger partial charge is 0.481 e. The highest BCUT2D eigenvalue weighted by Gasteiger charge is 1.99. The molecule has 0 amide bonds. The Morgan fingerprint density at radius 2 is 1.19 bits per heavy atom. The number of hydrogen-bond acceptors (Lipinski definition) is 7. The van der Waals surface area contributed by atoms with Crippen LogP contribution in [-0.2, 0) is 9.59 Å². The smallest absolute Gasteiger partial charge is 0.304 e. The van der Waals surface area contributed by atoms with Crippen molar-refractivity contribution in [1.82, 2.24) is 0 Å². The number of aliphatic carboxylic acids is 2. The minimum Gasteiger partial charge on any atom is -0.481 e. The van der Waals surface area contributed by atoms with E-state index in [1.165, 1.54) is 0 Å². The molecular weight excluding hydrogens is 336 g/mol. The van der Waals surface area contributed by atoms with Gasteiger partial charge in [0.15, 0.2) is 0 Å². The van der Waals surface area contributed by atoms with Crippen molar-refractivity contribution in [3.05, 3.63) is 0 Å². The highest BCUT2D eigenvalue weighted by Crippen LogP contribution is 1.97. The lowest BCUT2D eigenvalue weighted by atomic mass is 10.3. The maximum absolute atomic E-state index is 9.76. The molecule has 0 fully saturated rings. The standard InChI is InChI=1S/C4H10O2S.2C4H8O2S/c5-1-3-7-4-2-6;2*1-3(7)2-4(5)6/h5-6H,1-4H2;2*3,7H,2H2,1H3,(H,5,6). The van der Waals surface area contributed by atoms with Crippen LogP contribution in [0.2, 0.25) is 0 Å². The highest BCUT2D eigenvalue weighted by atomic mass is 32.2. The molecule has 0 aromatic rings. The van der Waals surface area contributed by atoms with Gasteiger partial charge >= 0.3 is 11.9 Å². The van der Waals surface area contributed by atoms with Gasteiger partial charge in [-0.2, -0.15) is 37.0 Å². The molecule has 0 aliphatic rings. The summed E-state index contributed by atoms with van der Waals surface area (Å²) in [6, 6.07) is 0. The zero-order valence-corrected chi connectivity index (χ0v) is 14.9. The van der Waals surface area contributed by atoms with Crippen molar-refractivity contribution < 1.29 is 30.0 Å². The first-order valence-corrected chi connectivity index (χ1v) is 8.45. The van der Waals surface area contributed by atoms with Gasteiger partial charge in [-0.15, -0.1) is 0 Å². The topological polar surface area (TPSA) is 115 Å². The van der Waals surface area contributed by atoms with E-state index in [9.17, 15) is 9.59 Å². The zero-order valence-electron chi connectivity index (χ0n) is 12.3. The molecule has 0 radical (unpaired) electrons. The summed E-state index contributed by atoms with van der Waals surface area (Å²) in [6.45, 7) is 3.92. The lowest BCUT2D eigenvalue weighted by Gasteiger charge is -1.93. The summed E-state index contributed by atoms with van der Waals surface area (Å²) < 4.78 is 0. The van der Waals surface area contributed by atoms with Crippen LogP contribution in [0.5, 0.6) is 0 Å². The minimum atomic E-state index is -0.789. The molecule has 0 heterocycles. The van der Waals surface area contributed by atoms with Crippen molar-refractivity contribution in [2.45, 2.75) is 37.2 Å². The van der Waals surface area contributed by atoms with E-state index in [0.717, 1.165) is 11.5 Å². The molecular formula is C12H26O6S3. The molecule has 0 aromatic heterocycles. The van der Waals surface area contributed by atoms with Gasteiger partial charge in [0.1, 0.15) is 0 Å². The van der Waals surface area contributed by atoms with Crippen molar-refractivity contribution in [1.29, 1.82) is 0 Å². The van der Waals surface area contributed by atoms with Crippen molar-refractivity contribution in [3.8, 4) is 0 Å². The number of rotatable bonds is 8. The second-order valence-electron chi connectivity index (χ2n) is 3.95. The quantitative estimate of drug-likeness (QED) is 0.284. The highest BCUT2D eigenvalue weighted by molar-refractivity contribution is 7.99. The predicted octanol–water partition coefficient (Wildman–Crippen LogP) is 1.26. The summed E-state index contributed by atoms with van der Waals surface area (Å²) in [5.41, 5.74) is 0. The Morgan fingerprint density at radius 3 is 1.29 bits per heavy atom. The molecule has 21 heavy (non-hydrogen) atoms. The number of thiol groups is 2. The second kappa shape index (κ2) is 19.9. The first-order chi connectivity index (χ1) is 9.67. The molecule has 4 N–H and O–H groups in total. The molecule has 0 aromatic carbocycles. The molecule has 2 atom stereocenters. The van der Waals surface area contributed by atoms with Crippen LogP contribution in [0.1, 0.15) is 26.7 Å². The fourth-order valence-corrected chi connectivity index (χ4v) is 1.51. The van der Waals surface area contributed by atoms with Crippen molar-refractivity contribution >= 4 is 49.0 Å². The molecule has 0 aliphatic heterocycles. The minimum absolute atomic E-state index is 0.0301. The van der Waals surface area contributed by atoms with E-state index in [4.69, 9.17) is 20.4 Å². The van der Waals surface area contributed by atoms with Crippen LogP contribution in [0.4, 0.5) is 0 Å². The van der Waals surface area contributed by atoms with Crippen molar-refractivity contribution in [2.24, 2.45) is 0 Å². The Labute approximate surface area is 141 Å². The lowest BCUT2D eigenvalue weighted by Crippen LogP contribution is -2.01. The third kappa shape index (κ3) is 45.0. The van der Waals surface area contributed by atoms with Gasteiger partial charge < -0.3 is 20.4 Å². The Kier molecular flexibility index (Phi) is 24.5. The number of carboxylic acids is 2. The number of hydrogen-bond donors (Lipinski definition) is 6. The lowest BCUT2D eigenvalue weighted by molar-refractivity contribution is -0.137. The van der Waals surface area contributed by atoms with E-state index in [2.05, 4.69) is 25.3 Å². The Bertz CT molecular complexity index is 225. The van der Waals surface area contributed by atoms with Crippen molar-refractivity contribution in [2.75, 3.05) is 24.7 Å². The SMILES string of the molecule is CC(S)CC(=O)O.CC(S)CC(=O)O.OCCSCCO. The van der Waals surface area contributed by atoms with E-state index in [-0.39, 0.29) is 36.6 Å².